The Hall–Kier alpha value is -3.62. The number of ether oxygens (including phenoxy) is 3. The number of amides is 1. The van der Waals surface area contributed by atoms with Crippen LogP contribution in [0.5, 0.6) is 17.2 Å². The molecule has 156 valence electrons. The van der Waals surface area contributed by atoms with Gasteiger partial charge in [0.15, 0.2) is 18.1 Å². The van der Waals surface area contributed by atoms with Crippen molar-refractivity contribution < 1.29 is 19.0 Å². The highest BCUT2D eigenvalue weighted by molar-refractivity contribution is 5.78. The molecule has 0 radical (unpaired) electrons. The van der Waals surface area contributed by atoms with Crippen molar-refractivity contribution in [2.24, 2.45) is 5.92 Å². The maximum atomic E-state index is 12.6. The van der Waals surface area contributed by atoms with Crippen molar-refractivity contribution in [2.75, 3.05) is 19.8 Å². The monoisotopic (exact) mass is 409 g/mol. The summed E-state index contributed by atoms with van der Waals surface area (Å²) in [4.78, 5) is 12.6. The summed E-state index contributed by atoms with van der Waals surface area (Å²) in [5.74, 6) is 1.95. The molecule has 0 saturated carbocycles. The van der Waals surface area contributed by atoms with Crippen LogP contribution >= 0.6 is 0 Å². The number of tetrazole rings is 1. The van der Waals surface area contributed by atoms with E-state index < -0.39 is 0 Å². The van der Waals surface area contributed by atoms with E-state index >= 15 is 0 Å². The summed E-state index contributed by atoms with van der Waals surface area (Å²) >= 11 is 0. The standard InChI is InChI=1S/C21H23N5O4/c1-14(2)21(15-6-7-18-19(10-15)29-9-8-28-18)23-20(27)12-30-17-5-3-4-16(11-17)26-13-22-24-25-26/h3-7,10-11,13-14,21H,8-9,12H2,1-2H3,(H,23,27). The third kappa shape index (κ3) is 4.51. The van der Waals surface area contributed by atoms with Crippen molar-refractivity contribution >= 4 is 5.91 Å². The second-order valence-electron chi connectivity index (χ2n) is 7.23. The molecular weight excluding hydrogens is 386 g/mol. The Kier molecular flexibility index (Phi) is 5.78. The number of nitrogens with one attached hydrogen (secondary N) is 1. The van der Waals surface area contributed by atoms with Crippen molar-refractivity contribution in [1.82, 2.24) is 25.5 Å². The van der Waals surface area contributed by atoms with Crippen LogP contribution in [0.1, 0.15) is 25.5 Å². The zero-order valence-electron chi connectivity index (χ0n) is 16.8. The first-order valence-corrected chi connectivity index (χ1v) is 9.75. The fourth-order valence-electron chi connectivity index (χ4n) is 3.25. The molecule has 4 rings (SSSR count). The van der Waals surface area contributed by atoms with Gasteiger partial charge in [-0.1, -0.05) is 26.0 Å². The fraction of sp³-hybridized carbons (Fsp3) is 0.333. The average Bonchev–Trinajstić information content (AvgIpc) is 3.31. The van der Waals surface area contributed by atoms with Crippen molar-refractivity contribution in [1.29, 1.82) is 0 Å². The number of hydrogen-bond donors (Lipinski definition) is 1. The van der Waals surface area contributed by atoms with Gasteiger partial charge in [-0.25, -0.2) is 4.68 Å². The van der Waals surface area contributed by atoms with Gasteiger partial charge < -0.3 is 19.5 Å². The summed E-state index contributed by atoms with van der Waals surface area (Å²) in [6, 6.07) is 12.8. The molecule has 1 aromatic heterocycles. The number of nitrogens with zero attached hydrogens (tertiary/aromatic N) is 4. The van der Waals surface area contributed by atoms with E-state index in [9.17, 15) is 4.79 Å². The van der Waals surface area contributed by atoms with Crippen LogP contribution in [0.25, 0.3) is 5.69 Å². The fourth-order valence-corrected chi connectivity index (χ4v) is 3.25. The summed E-state index contributed by atoms with van der Waals surface area (Å²) < 4.78 is 18.4. The lowest BCUT2D eigenvalue weighted by atomic mass is 9.95. The van der Waals surface area contributed by atoms with Crippen LogP contribution in [0.4, 0.5) is 0 Å². The Morgan fingerprint density at radius 3 is 2.77 bits per heavy atom. The van der Waals surface area contributed by atoms with E-state index in [1.165, 1.54) is 11.0 Å². The topological polar surface area (TPSA) is 100 Å². The summed E-state index contributed by atoms with van der Waals surface area (Å²) in [6.45, 7) is 5.07. The van der Waals surface area contributed by atoms with Crippen LogP contribution in [-0.4, -0.2) is 45.9 Å². The van der Waals surface area contributed by atoms with Crippen molar-refractivity contribution in [2.45, 2.75) is 19.9 Å². The van der Waals surface area contributed by atoms with Crippen LogP contribution in [0.3, 0.4) is 0 Å². The molecule has 9 heteroatoms. The lowest BCUT2D eigenvalue weighted by molar-refractivity contribution is -0.124. The first-order valence-electron chi connectivity index (χ1n) is 9.75. The quantitative estimate of drug-likeness (QED) is 0.639. The zero-order valence-corrected chi connectivity index (χ0v) is 16.8. The van der Waals surface area contributed by atoms with Gasteiger partial charge in [0.2, 0.25) is 0 Å². The molecule has 3 aromatic rings. The second kappa shape index (κ2) is 8.81. The van der Waals surface area contributed by atoms with Crippen LogP contribution in [-0.2, 0) is 4.79 Å². The molecule has 0 spiro atoms. The van der Waals surface area contributed by atoms with E-state index in [0.29, 0.717) is 24.7 Å². The normalized spacial score (nSPS) is 13.7. The van der Waals surface area contributed by atoms with E-state index in [-0.39, 0.29) is 24.5 Å². The Labute approximate surface area is 173 Å². The number of aromatic nitrogens is 4. The Bertz CT molecular complexity index is 1010. The van der Waals surface area contributed by atoms with Crippen LogP contribution in [0.2, 0.25) is 0 Å². The van der Waals surface area contributed by atoms with E-state index in [0.717, 1.165) is 17.0 Å². The van der Waals surface area contributed by atoms with Gasteiger partial charge in [0, 0.05) is 6.07 Å². The number of hydrogen-bond acceptors (Lipinski definition) is 7. The SMILES string of the molecule is CC(C)C(NC(=O)COc1cccc(-n2cnnn2)c1)c1ccc2c(c1)OCCO2. The summed E-state index contributed by atoms with van der Waals surface area (Å²) in [6.07, 6.45) is 1.49. The highest BCUT2D eigenvalue weighted by atomic mass is 16.6. The molecule has 1 unspecified atom stereocenters. The highest BCUT2D eigenvalue weighted by Crippen LogP contribution is 2.34. The predicted molar refractivity (Wildman–Crippen MR) is 108 cm³/mol. The van der Waals surface area contributed by atoms with E-state index in [4.69, 9.17) is 14.2 Å². The average molecular weight is 409 g/mol. The van der Waals surface area contributed by atoms with Gasteiger partial charge in [0.05, 0.1) is 11.7 Å². The molecule has 1 amide bonds. The van der Waals surface area contributed by atoms with Gasteiger partial charge in [0.25, 0.3) is 5.91 Å². The molecule has 1 aliphatic rings. The maximum Gasteiger partial charge on any atom is 0.258 e. The largest absolute Gasteiger partial charge is 0.486 e. The molecular formula is C21H23N5O4. The van der Waals surface area contributed by atoms with Gasteiger partial charge in [0.1, 0.15) is 25.3 Å². The molecule has 0 bridgehead atoms. The zero-order chi connectivity index (χ0) is 20.9. The first kappa shape index (κ1) is 19.7. The summed E-state index contributed by atoms with van der Waals surface area (Å²) in [5, 5.41) is 14.1. The summed E-state index contributed by atoms with van der Waals surface area (Å²) in [7, 11) is 0. The van der Waals surface area contributed by atoms with Gasteiger partial charge in [-0.2, -0.15) is 0 Å². The Balaban J connectivity index is 1.40. The van der Waals surface area contributed by atoms with E-state index in [1.54, 1.807) is 12.1 Å². The third-order valence-corrected chi connectivity index (χ3v) is 4.71. The molecule has 0 saturated heterocycles. The molecule has 0 aliphatic carbocycles. The van der Waals surface area contributed by atoms with Crippen molar-refractivity contribution in [3.63, 3.8) is 0 Å². The highest BCUT2D eigenvalue weighted by Gasteiger charge is 2.21. The maximum absolute atomic E-state index is 12.6. The van der Waals surface area contributed by atoms with E-state index in [1.807, 2.05) is 30.3 Å². The first-order chi connectivity index (χ1) is 14.6. The number of benzene rings is 2. The smallest absolute Gasteiger partial charge is 0.258 e. The minimum atomic E-state index is -0.212. The number of carbonyl (C=O) groups excluding carboxylic acids is 1. The molecule has 1 N–H and O–H groups in total. The van der Waals surface area contributed by atoms with Crippen molar-refractivity contribution in [3.05, 3.63) is 54.4 Å². The lowest BCUT2D eigenvalue weighted by Gasteiger charge is -2.25. The van der Waals surface area contributed by atoms with Gasteiger partial charge in [-0.3, -0.25) is 4.79 Å². The molecule has 0 fully saturated rings. The number of carbonyl (C=O) groups is 1. The predicted octanol–water partition coefficient (Wildman–Crippen LogP) is 2.33. The minimum Gasteiger partial charge on any atom is -0.486 e. The Morgan fingerprint density at radius 2 is 2.00 bits per heavy atom. The lowest BCUT2D eigenvalue weighted by Crippen LogP contribution is -2.35. The molecule has 30 heavy (non-hydrogen) atoms. The molecule has 1 aliphatic heterocycles. The number of rotatable bonds is 7. The molecule has 1 atom stereocenters. The third-order valence-electron chi connectivity index (χ3n) is 4.71. The van der Waals surface area contributed by atoms with Crippen LogP contribution in [0.15, 0.2) is 48.8 Å². The van der Waals surface area contributed by atoms with E-state index in [2.05, 4.69) is 34.7 Å². The van der Waals surface area contributed by atoms with Gasteiger partial charge in [-0.05, 0) is 46.2 Å². The Morgan fingerprint density at radius 1 is 1.17 bits per heavy atom. The van der Waals surface area contributed by atoms with Crippen LogP contribution < -0.4 is 19.5 Å². The van der Waals surface area contributed by atoms with Crippen molar-refractivity contribution in [3.8, 4) is 22.9 Å². The summed E-state index contributed by atoms with van der Waals surface area (Å²) in [5.41, 5.74) is 1.71. The second-order valence-corrected chi connectivity index (χ2v) is 7.23. The number of fused-ring (bicyclic) bond motifs is 1. The molecule has 9 nitrogen and oxygen atoms in total. The molecule has 2 aromatic carbocycles. The van der Waals surface area contributed by atoms with Crippen LogP contribution in [0, 0.1) is 5.92 Å². The van der Waals surface area contributed by atoms with Gasteiger partial charge in [-0.15, -0.1) is 5.10 Å². The molecule has 2 heterocycles. The minimum absolute atomic E-state index is 0.104. The van der Waals surface area contributed by atoms with Gasteiger partial charge >= 0.3 is 0 Å².